The minimum Gasteiger partial charge on any atom is -0.329 e. The maximum absolute atomic E-state index is 11.0. The largest absolute Gasteiger partial charge is 0.329 e. The van der Waals surface area contributed by atoms with Gasteiger partial charge in [0.15, 0.2) is 0 Å². The Kier molecular flexibility index (Phi) is 2.53. The highest BCUT2D eigenvalue weighted by atomic mass is 16.2. The Morgan fingerprint density at radius 1 is 1.64 bits per heavy atom. The molecule has 0 aromatic heterocycles. The van der Waals surface area contributed by atoms with E-state index in [2.05, 4.69) is 5.92 Å². The summed E-state index contributed by atoms with van der Waals surface area (Å²) >= 11 is 0. The van der Waals surface area contributed by atoms with Crippen molar-refractivity contribution >= 4 is 5.91 Å². The molecule has 0 bridgehead atoms. The van der Waals surface area contributed by atoms with Crippen molar-refractivity contribution in [1.82, 2.24) is 4.90 Å². The fourth-order valence-corrected chi connectivity index (χ4v) is 1.48. The Balaban J connectivity index is 2.60. The minimum absolute atomic E-state index is 0.0567. The number of carbonyl (C=O) groups is 1. The average Bonchev–Trinajstić information content (AvgIpc) is 2.04. The van der Waals surface area contributed by atoms with Crippen LogP contribution in [0.5, 0.6) is 0 Å². The third-order valence-corrected chi connectivity index (χ3v) is 2.10. The van der Waals surface area contributed by atoms with E-state index in [0.717, 1.165) is 25.8 Å². The highest BCUT2D eigenvalue weighted by Gasteiger charge is 2.21. The zero-order chi connectivity index (χ0) is 8.27. The second kappa shape index (κ2) is 3.43. The van der Waals surface area contributed by atoms with Gasteiger partial charge in [0, 0.05) is 13.5 Å². The van der Waals surface area contributed by atoms with Gasteiger partial charge in [0.2, 0.25) is 5.91 Å². The smallest absolute Gasteiger partial charge is 0.220 e. The fraction of sp³-hybridized carbons (Fsp3) is 0.667. The van der Waals surface area contributed by atoms with E-state index in [4.69, 9.17) is 6.42 Å². The van der Waals surface area contributed by atoms with Crippen molar-refractivity contribution in [2.75, 3.05) is 6.54 Å². The minimum atomic E-state index is 0.0567. The molecule has 0 radical (unpaired) electrons. The molecule has 1 amide bonds. The number of hydrogen-bond acceptors (Lipinski definition) is 1. The zero-order valence-corrected chi connectivity index (χ0v) is 6.84. The predicted molar refractivity (Wildman–Crippen MR) is 43.9 cm³/mol. The third kappa shape index (κ3) is 1.74. The van der Waals surface area contributed by atoms with Crippen LogP contribution in [0.4, 0.5) is 0 Å². The first-order chi connectivity index (χ1) is 5.25. The summed E-state index contributed by atoms with van der Waals surface area (Å²) in [6.45, 7) is 2.42. The van der Waals surface area contributed by atoms with Gasteiger partial charge in [0.1, 0.15) is 0 Å². The van der Waals surface area contributed by atoms with E-state index in [1.807, 2.05) is 0 Å². The van der Waals surface area contributed by atoms with E-state index in [1.54, 1.807) is 11.8 Å². The molecule has 2 nitrogen and oxygen atoms in total. The summed E-state index contributed by atoms with van der Waals surface area (Å²) in [6, 6.07) is 0.0567. The van der Waals surface area contributed by atoms with Crippen LogP contribution in [0.15, 0.2) is 0 Å². The van der Waals surface area contributed by atoms with Crippen LogP contribution in [0.1, 0.15) is 26.2 Å². The summed E-state index contributed by atoms with van der Waals surface area (Å²) in [5.41, 5.74) is 0. The van der Waals surface area contributed by atoms with E-state index in [-0.39, 0.29) is 11.9 Å². The SMILES string of the molecule is C#C[C@@H]1CCCCN1C(C)=O. The monoisotopic (exact) mass is 151 g/mol. The van der Waals surface area contributed by atoms with Gasteiger partial charge < -0.3 is 4.90 Å². The Morgan fingerprint density at radius 2 is 2.36 bits per heavy atom. The molecule has 0 aliphatic carbocycles. The lowest BCUT2D eigenvalue weighted by Gasteiger charge is -2.31. The van der Waals surface area contributed by atoms with E-state index >= 15 is 0 Å². The second-order valence-electron chi connectivity index (χ2n) is 2.89. The van der Waals surface area contributed by atoms with Gasteiger partial charge in [0.05, 0.1) is 6.04 Å². The molecule has 2 heteroatoms. The molecule has 0 aromatic carbocycles. The summed E-state index contributed by atoms with van der Waals surface area (Å²) in [4.78, 5) is 12.8. The molecule has 1 atom stereocenters. The van der Waals surface area contributed by atoms with Crippen LogP contribution in [0.3, 0.4) is 0 Å². The molecule has 1 aliphatic rings. The number of nitrogens with zero attached hydrogens (tertiary/aromatic N) is 1. The first-order valence-corrected chi connectivity index (χ1v) is 3.99. The van der Waals surface area contributed by atoms with Gasteiger partial charge in [-0.1, -0.05) is 5.92 Å². The molecule has 0 aromatic rings. The molecule has 0 N–H and O–H groups in total. The molecule has 0 unspecified atom stereocenters. The van der Waals surface area contributed by atoms with Crippen molar-refractivity contribution in [2.24, 2.45) is 0 Å². The number of carbonyl (C=O) groups excluding carboxylic acids is 1. The van der Waals surface area contributed by atoms with Gasteiger partial charge in [-0.3, -0.25) is 4.79 Å². The van der Waals surface area contributed by atoms with Crippen LogP contribution in [-0.2, 0) is 4.79 Å². The van der Waals surface area contributed by atoms with Crippen molar-refractivity contribution in [3.05, 3.63) is 0 Å². The Labute approximate surface area is 67.6 Å². The quantitative estimate of drug-likeness (QED) is 0.473. The maximum atomic E-state index is 11.0. The van der Waals surface area contributed by atoms with Crippen LogP contribution in [-0.4, -0.2) is 23.4 Å². The van der Waals surface area contributed by atoms with Crippen LogP contribution in [0.25, 0.3) is 0 Å². The standard InChI is InChI=1S/C9H13NO/c1-3-9-6-4-5-7-10(9)8(2)11/h1,9H,4-7H2,2H3/t9-/m1/s1. The van der Waals surface area contributed by atoms with Crippen molar-refractivity contribution in [3.8, 4) is 12.3 Å². The van der Waals surface area contributed by atoms with Gasteiger partial charge in [-0.15, -0.1) is 6.42 Å². The molecular formula is C9H13NO. The van der Waals surface area contributed by atoms with Crippen molar-refractivity contribution < 1.29 is 4.79 Å². The van der Waals surface area contributed by atoms with E-state index in [0.29, 0.717) is 0 Å². The van der Waals surface area contributed by atoms with Gasteiger partial charge in [-0.05, 0) is 19.3 Å². The first-order valence-electron chi connectivity index (χ1n) is 3.99. The Bertz CT molecular complexity index is 192. The molecule has 1 fully saturated rings. The normalized spacial score (nSPS) is 24.4. The maximum Gasteiger partial charge on any atom is 0.220 e. The summed E-state index contributed by atoms with van der Waals surface area (Å²) in [6.07, 6.45) is 8.50. The summed E-state index contributed by atoms with van der Waals surface area (Å²) in [5.74, 6) is 2.74. The first kappa shape index (κ1) is 8.13. The number of amides is 1. The van der Waals surface area contributed by atoms with Gasteiger partial charge in [-0.25, -0.2) is 0 Å². The summed E-state index contributed by atoms with van der Waals surface area (Å²) in [7, 11) is 0. The molecule has 60 valence electrons. The lowest BCUT2D eigenvalue weighted by molar-refractivity contribution is -0.131. The molecule has 0 spiro atoms. The molecule has 0 saturated carbocycles. The number of likely N-dealkylation sites (tertiary alicyclic amines) is 1. The molecule has 1 rings (SSSR count). The van der Waals surface area contributed by atoms with Crippen LogP contribution in [0, 0.1) is 12.3 Å². The van der Waals surface area contributed by atoms with Crippen LogP contribution >= 0.6 is 0 Å². The van der Waals surface area contributed by atoms with E-state index in [9.17, 15) is 4.79 Å². The number of piperidine rings is 1. The highest BCUT2D eigenvalue weighted by molar-refractivity contribution is 5.74. The fourth-order valence-electron chi connectivity index (χ4n) is 1.48. The average molecular weight is 151 g/mol. The van der Waals surface area contributed by atoms with Gasteiger partial charge in [-0.2, -0.15) is 0 Å². The number of rotatable bonds is 0. The van der Waals surface area contributed by atoms with Crippen LogP contribution < -0.4 is 0 Å². The lowest BCUT2D eigenvalue weighted by atomic mass is 10.0. The third-order valence-electron chi connectivity index (χ3n) is 2.10. The molecule has 1 aliphatic heterocycles. The summed E-state index contributed by atoms with van der Waals surface area (Å²) in [5, 5.41) is 0. The molecular weight excluding hydrogens is 138 g/mol. The van der Waals surface area contributed by atoms with Crippen molar-refractivity contribution in [2.45, 2.75) is 32.2 Å². The number of terminal acetylenes is 1. The predicted octanol–water partition coefficient (Wildman–Crippen LogP) is 1.02. The van der Waals surface area contributed by atoms with Gasteiger partial charge >= 0.3 is 0 Å². The van der Waals surface area contributed by atoms with Crippen molar-refractivity contribution in [3.63, 3.8) is 0 Å². The summed E-state index contributed by atoms with van der Waals surface area (Å²) < 4.78 is 0. The zero-order valence-electron chi connectivity index (χ0n) is 6.84. The second-order valence-corrected chi connectivity index (χ2v) is 2.89. The van der Waals surface area contributed by atoms with Crippen molar-refractivity contribution in [1.29, 1.82) is 0 Å². The molecule has 11 heavy (non-hydrogen) atoms. The topological polar surface area (TPSA) is 20.3 Å². The lowest BCUT2D eigenvalue weighted by Crippen LogP contribution is -2.41. The molecule has 1 saturated heterocycles. The molecule has 1 heterocycles. The van der Waals surface area contributed by atoms with Crippen LogP contribution in [0.2, 0.25) is 0 Å². The van der Waals surface area contributed by atoms with E-state index in [1.165, 1.54) is 0 Å². The van der Waals surface area contributed by atoms with E-state index < -0.39 is 0 Å². The Hall–Kier alpha value is -0.970. The number of hydrogen-bond donors (Lipinski definition) is 0. The highest BCUT2D eigenvalue weighted by Crippen LogP contribution is 2.15. The van der Waals surface area contributed by atoms with Gasteiger partial charge in [0.25, 0.3) is 0 Å². The Morgan fingerprint density at radius 3 is 2.82 bits per heavy atom.